The molecule has 0 amide bonds. The second-order valence-electron chi connectivity index (χ2n) is 8.94. The van der Waals surface area contributed by atoms with Crippen LogP contribution in [-0.2, 0) is 11.3 Å². The van der Waals surface area contributed by atoms with Crippen LogP contribution in [0.25, 0.3) is 0 Å². The molecule has 7 nitrogen and oxygen atoms in total. The summed E-state index contributed by atoms with van der Waals surface area (Å²) in [6.07, 6.45) is 1.22. The van der Waals surface area contributed by atoms with E-state index in [1.165, 1.54) is 17.7 Å². The van der Waals surface area contributed by atoms with E-state index in [1.807, 2.05) is 13.1 Å². The summed E-state index contributed by atoms with van der Waals surface area (Å²) >= 11 is 6.65. The van der Waals surface area contributed by atoms with Crippen molar-refractivity contribution >= 4 is 47.2 Å². The number of ether oxygens (including phenoxy) is 1. The standard InChI is InChI=1S/C23H37ClN6O.HI/c1-25-23(30-7-6-19(18-30)17-28-12-14-31-15-13-28)26-16-20-21(24)4-3-5-22(20)29-10-8-27(2)9-11-29;/h3-5,19H,6-18H2,1-2H3,(H,25,26);1H. The number of aliphatic imine (C=N–C) groups is 1. The van der Waals surface area contributed by atoms with E-state index in [1.54, 1.807) is 0 Å². The second kappa shape index (κ2) is 12.6. The molecule has 1 atom stereocenters. The molecule has 0 aliphatic carbocycles. The molecular weight excluding hydrogens is 539 g/mol. The smallest absolute Gasteiger partial charge is 0.193 e. The molecule has 32 heavy (non-hydrogen) atoms. The molecule has 1 aromatic rings. The van der Waals surface area contributed by atoms with Crippen LogP contribution in [0.1, 0.15) is 12.0 Å². The lowest BCUT2D eigenvalue weighted by molar-refractivity contribution is 0.0315. The third-order valence-corrected chi connectivity index (χ3v) is 7.13. The first kappa shape index (κ1) is 25.8. The van der Waals surface area contributed by atoms with Crippen molar-refractivity contribution in [2.24, 2.45) is 10.9 Å². The Balaban J connectivity index is 0.00000289. The number of likely N-dealkylation sites (N-methyl/N-ethyl adjacent to an activating group) is 1. The highest BCUT2D eigenvalue weighted by Gasteiger charge is 2.27. The van der Waals surface area contributed by atoms with Crippen molar-refractivity contribution in [1.82, 2.24) is 20.0 Å². The van der Waals surface area contributed by atoms with Crippen molar-refractivity contribution in [3.63, 3.8) is 0 Å². The van der Waals surface area contributed by atoms with E-state index < -0.39 is 0 Å². The zero-order chi connectivity index (χ0) is 21.6. The molecule has 1 N–H and O–H groups in total. The summed E-state index contributed by atoms with van der Waals surface area (Å²) in [6.45, 7) is 12.1. The van der Waals surface area contributed by atoms with Crippen molar-refractivity contribution in [2.45, 2.75) is 13.0 Å². The van der Waals surface area contributed by atoms with Crippen LogP contribution in [0, 0.1) is 5.92 Å². The molecule has 0 bridgehead atoms. The van der Waals surface area contributed by atoms with Gasteiger partial charge in [-0.2, -0.15) is 0 Å². The van der Waals surface area contributed by atoms with Crippen molar-refractivity contribution in [3.8, 4) is 0 Å². The van der Waals surface area contributed by atoms with Crippen molar-refractivity contribution in [3.05, 3.63) is 28.8 Å². The fourth-order valence-electron chi connectivity index (χ4n) is 4.89. The Labute approximate surface area is 215 Å². The molecule has 1 aromatic carbocycles. The zero-order valence-corrected chi connectivity index (χ0v) is 22.5. The first-order valence-electron chi connectivity index (χ1n) is 11.6. The third-order valence-electron chi connectivity index (χ3n) is 6.78. The first-order valence-corrected chi connectivity index (χ1v) is 12.0. The molecule has 0 spiro atoms. The van der Waals surface area contributed by atoms with Crippen LogP contribution < -0.4 is 10.2 Å². The molecule has 9 heteroatoms. The molecule has 3 saturated heterocycles. The largest absolute Gasteiger partial charge is 0.379 e. The number of piperazine rings is 1. The van der Waals surface area contributed by atoms with Crippen LogP contribution >= 0.6 is 35.6 Å². The molecule has 0 radical (unpaired) electrons. The topological polar surface area (TPSA) is 46.6 Å². The van der Waals surface area contributed by atoms with Gasteiger partial charge in [0.2, 0.25) is 0 Å². The minimum Gasteiger partial charge on any atom is -0.379 e. The normalized spacial score (nSPS) is 23.3. The van der Waals surface area contributed by atoms with Crippen LogP contribution in [0.4, 0.5) is 5.69 Å². The summed E-state index contributed by atoms with van der Waals surface area (Å²) in [5, 5.41) is 4.43. The number of nitrogens with one attached hydrogen (secondary N) is 1. The number of morpholine rings is 1. The molecule has 1 unspecified atom stereocenters. The minimum absolute atomic E-state index is 0. The van der Waals surface area contributed by atoms with Gasteiger partial charge in [-0.15, -0.1) is 24.0 Å². The molecule has 4 rings (SSSR count). The average Bonchev–Trinajstić information content (AvgIpc) is 3.24. The van der Waals surface area contributed by atoms with Crippen LogP contribution in [0.5, 0.6) is 0 Å². The number of likely N-dealkylation sites (tertiary alicyclic amines) is 1. The number of hydrogen-bond donors (Lipinski definition) is 1. The lowest BCUT2D eigenvalue weighted by Gasteiger charge is -2.35. The van der Waals surface area contributed by atoms with Gasteiger partial charge in [0.05, 0.1) is 13.2 Å². The predicted molar refractivity (Wildman–Crippen MR) is 144 cm³/mol. The summed E-state index contributed by atoms with van der Waals surface area (Å²) in [6, 6.07) is 6.26. The minimum atomic E-state index is 0. The van der Waals surface area contributed by atoms with Gasteiger partial charge in [0.1, 0.15) is 0 Å². The second-order valence-corrected chi connectivity index (χ2v) is 9.35. The van der Waals surface area contributed by atoms with Gasteiger partial charge in [0.15, 0.2) is 5.96 Å². The van der Waals surface area contributed by atoms with Crippen molar-refractivity contribution < 1.29 is 4.74 Å². The van der Waals surface area contributed by atoms with E-state index in [4.69, 9.17) is 16.3 Å². The van der Waals surface area contributed by atoms with Gasteiger partial charge in [-0.3, -0.25) is 9.89 Å². The van der Waals surface area contributed by atoms with Crippen LogP contribution in [0.2, 0.25) is 5.02 Å². The van der Waals surface area contributed by atoms with E-state index >= 15 is 0 Å². The molecular formula is C23H38ClIN6O. The Kier molecular flexibility index (Phi) is 10.2. The summed E-state index contributed by atoms with van der Waals surface area (Å²) in [5.41, 5.74) is 2.41. The van der Waals surface area contributed by atoms with Crippen LogP contribution in [0.15, 0.2) is 23.2 Å². The van der Waals surface area contributed by atoms with Crippen LogP contribution in [0.3, 0.4) is 0 Å². The molecule has 3 fully saturated rings. The summed E-state index contributed by atoms with van der Waals surface area (Å²) in [7, 11) is 4.07. The van der Waals surface area contributed by atoms with Crippen molar-refractivity contribution in [2.75, 3.05) is 91.1 Å². The number of guanidine groups is 1. The zero-order valence-electron chi connectivity index (χ0n) is 19.4. The van der Waals surface area contributed by atoms with Gasteiger partial charge in [0.25, 0.3) is 0 Å². The molecule has 0 saturated carbocycles. The quantitative estimate of drug-likeness (QED) is 0.330. The predicted octanol–water partition coefficient (Wildman–Crippen LogP) is 2.44. The average molecular weight is 577 g/mol. The van der Waals surface area contributed by atoms with Gasteiger partial charge in [-0.05, 0) is 31.5 Å². The SMILES string of the molecule is CN=C(NCc1c(Cl)cccc1N1CCN(C)CC1)N1CCC(CN2CCOCC2)C1.I. The molecule has 3 aliphatic heterocycles. The van der Waals surface area contributed by atoms with E-state index in [2.05, 4.69) is 49.1 Å². The maximum atomic E-state index is 6.65. The summed E-state index contributed by atoms with van der Waals surface area (Å²) < 4.78 is 5.49. The highest BCUT2D eigenvalue weighted by molar-refractivity contribution is 14.0. The van der Waals surface area contributed by atoms with Gasteiger partial charge in [-0.1, -0.05) is 17.7 Å². The first-order chi connectivity index (χ1) is 15.1. The Hall–Kier alpha value is -0.810. The van der Waals surface area contributed by atoms with Crippen molar-refractivity contribution in [1.29, 1.82) is 0 Å². The number of benzene rings is 1. The number of anilines is 1. The molecule has 3 heterocycles. The number of rotatable bonds is 5. The fraction of sp³-hybridized carbons (Fsp3) is 0.696. The van der Waals surface area contributed by atoms with E-state index in [9.17, 15) is 0 Å². The van der Waals surface area contributed by atoms with E-state index in [0.29, 0.717) is 12.5 Å². The highest BCUT2D eigenvalue weighted by atomic mass is 127. The van der Waals surface area contributed by atoms with Gasteiger partial charge >= 0.3 is 0 Å². The van der Waals surface area contributed by atoms with Gasteiger partial charge in [-0.25, -0.2) is 0 Å². The summed E-state index contributed by atoms with van der Waals surface area (Å²) in [4.78, 5) is 14.4. The number of nitrogens with zero attached hydrogens (tertiary/aromatic N) is 5. The Morgan fingerprint density at radius 2 is 1.88 bits per heavy atom. The van der Waals surface area contributed by atoms with Gasteiger partial charge < -0.3 is 24.8 Å². The van der Waals surface area contributed by atoms with E-state index in [0.717, 1.165) is 83.1 Å². The molecule has 180 valence electrons. The lowest BCUT2D eigenvalue weighted by atomic mass is 10.1. The Bertz CT molecular complexity index is 752. The van der Waals surface area contributed by atoms with E-state index in [-0.39, 0.29) is 24.0 Å². The fourth-order valence-corrected chi connectivity index (χ4v) is 5.12. The highest BCUT2D eigenvalue weighted by Crippen LogP contribution is 2.28. The third kappa shape index (κ3) is 6.62. The summed E-state index contributed by atoms with van der Waals surface area (Å²) in [5.74, 6) is 1.67. The monoisotopic (exact) mass is 576 g/mol. The molecule has 0 aromatic heterocycles. The van der Waals surface area contributed by atoms with Crippen LogP contribution in [-0.4, -0.2) is 107 Å². The Morgan fingerprint density at radius 3 is 2.59 bits per heavy atom. The number of hydrogen-bond acceptors (Lipinski definition) is 5. The maximum Gasteiger partial charge on any atom is 0.193 e. The molecule has 3 aliphatic rings. The lowest BCUT2D eigenvalue weighted by Crippen LogP contribution is -2.45. The number of halogens is 2. The maximum absolute atomic E-state index is 6.65. The Morgan fingerprint density at radius 1 is 1.12 bits per heavy atom. The van der Waals surface area contributed by atoms with Gasteiger partial charge in [0, 0.05) is 88.8 Å².